The predicted octanol–water partition coefficient (Wildman–Crippen LogP) is 3.96. The Kier molecular flexibility index (Phi) is 4.88. The highest BCUT2D eigenvalue weighted by Gasteiger charge is 2.04. The second-order valence-corrected chi connectivity index (χ2v) is 5.03. The summed E-state index contributed by atoms with van der Waals surface area (Å²) in [4.78, 5) is 4.38. The van der Waals surface area contributed by atoms with Crippen molar-refractivity contribution in [1.82, 2.24) is 4.98 Å². The highest BCUT2D eigenvalue weighted by Crippen LogP contribution is 2.23. The summed E-state index contributed by atoms with van der Waals surface area (Å²) in [5.74, 6) is 2.48. The molecule has 1 aromatic carbocycles. The molecule has 0 N–H and O–H groups in total. The van der Waals surface area contributed by atoms with Gasteiger partial charge in [-0.15, -0.1) is 0 Å². The molecule has 2 nitrogen and oxygen atoms in total. The maximum atomic E-state index is 5.85. The van der Waals surface area contributed by atoms with Gasteiger partial charge < -0.3 is 4.74 Å². The lowest BCUT2D eigenvalue weighted by Gasteiger charge is -2.12. The SMILES string of the molecule is CC(CCS)CCOc1cccc2cccnc12. The van der Waals surface area contributed by atoms with Gasteiger partial charge in [-0.2, -0.15) is 12.6 Å². The van der Waals surface area contributed by atoms with E-state index in [1.165, 1.54) is 0 Å². The maximum absolute atomic E-state index is 5.85. The zero-order valence-corrected chi connectivity index (χ0v) is 11.6. The van der Waals surface area contributed by atoms with Crippen LogP contribution in [0.1, 0.15) is 19.8 Å². The van der Waals surface area contributed by atoms with Gasteiger partial charge in [0.1, 0.15) is 11.3 Å². The molecule has 0 amide bonds. The Hall–Kier alpha value is -1.22. The van der Waals surface area contributed by atoms with Crippen molar-refractivity contribution in [3.63, 3.8) is 0 Å². The average Bonchev–Trinajstić information content (AvgIpc) is 2.39. The second-order valence-electron chi connectivity index (χ2n) is 4.59. The first-order chi connectivity index (χ1) is 8.81. The van der Waals surface area contributed by atoms with Gasteiger partial charge in [0.25, 0.3) is 0 Å². The molecule has 3 heteroatoms. The van der Waals surface area contributed by atoms with Crippen molar-refractivity contribution >= 4 is 23.5 Å². The molecule has 0 saturated heterocycles. The van der Waals surface area contributed by atoms with Crippen molar-refractivity contribution in [2.75, 3.05) is 12.4 Å². The summed E-state index contributed by atoms with van der Waals surface area (Å²) >= 11 is 4.25. The number of pyridine rings is 1. The number of ether oxygens (including phenoxy) is 1. The number of hydrogen-bond donors (Lipinski definition) is 1. The van der Waals surface area contributed by atoms with Gasteiger partial charge in [0.05, 0.1) is 6.61 Å². The first-order valence-corrected chi connectivity index (χ1v) is 7.02. The Bertz CT molecular complexity index is 495. The predicted molar refractivity (Wildman–Crippen MR) is 79.5 cm³/mol. The quantitative estimate of drug-likeness (QED) is 0.795. The van der Waals surface area contributed by atoms with E-state index in [0.717, 1.165) is 41.9 Å². The summed E-state index contributed by atoms with van der Waals surface area (Å²) in [6.07, 6.45) is 4.00. The molecule has 0 saturated carbocycles. The van der Waals surface area contributed by atoms with Crippen molar-refractivity contribution < 1.29 is 4.74 Å². The monoisotopic (exact) mass is 261 g/mol. The molecule has 1 unspecified atom stereocenters. The highest BCUT2D eigenvalue weighted by molar-refractivity contribution is 7.80. The molecule has 2 rings (SSSR count). The smallest absolute Gasteiger partial charge is 0.145 e. The van der Waals surface area contributed by atoms with Crippen LogP contribution in [-0.2, 0) is 0 Å². The number of benzene rings is 1. The molecule has 0 aliphatic rings. The molecule has 2 aromatic rings. The van der Waals surface area contributed by atoms with Crippen LogP contribution in [0.4, 0.5) is 0 Å². The molecule has 1 heterocycles. The van der Waals surface area contributed by atoms with Gasteiger partial charge in [0.2, 0.25) is 0 Å². The average molecular weight is 261 g/mol. The van der Waals surface area contributed by atoms with E-state index in [-0.39, 0.29) is 0 Å². The molecule has 96 valence electrons. The van der Waals surface area contributed by atoms with E-state index in [0.29, 0.717) is 5.92 Å². The van der Waals surface area contributed by atoms with E-state index in [9.17, 15) is 0 Å². The van der Waals surface area contributed by atoms with Crippen molar-refractivity contribution in [3.8, 4) is 5.75 Å². The van der Waals surface area contributed by atoms with Gasteiger partial charge >= 0.3 is 0 Å². The van der Waals surface area contributed by atoms with Gasteiger partial charge in [0, 0.05) is 11.6 Å². The molecular formula is C15H19NOS. The third-order valence-electron chi connectivity index (χ3n) is 3.09. The van der Waals surface area contributed by atoms with Crippen LogP contribution in [0.25, 0.3) is 10.9 Å². The Morgan fingerprint density at radius 1 is 1.22 bits per heavy atom. The number of nitrogens with zero attached hydrogens (tertiary/aromatic N) is 1. The standard InChI is InChI=1S/C15H19NOS/c1-12(8-11-18)7-10-17-14-6-2-4-13-5-3-9-16-15(13)14/h2-6,9,12,18H,7-8,10-11H2,1H3. The van der Waals surface area contributed by atoms with Gasteiger partial charge in [-0.25, -0.2) is 0 Å². The fourth-order valence-electron chi connectivity index (χ4n) is 1.93. The van der Waals surface area contributed by atoms with E-state index in [4.69, 9.17) is 4.74 Å². The number of fused-ring (bicyclic) bond motifs is 1. The Morgan fingerprint density at radius 3 is 2.89 bits per heavy atom. The highest BCUT2D eigenvalue weighted by atomic mass is 32.1. The van der Waals surface area contributed by atoms with Crippen LogP contribution < -0.4 is 4.74 Å². The molecule has 0 radical (unpaired) electrons. The van der Waals surface area contributed by atoms with Gasteiger partial charge in [-0.1, -0.05) is 25.1 Å². The Morgan fingerprint density at radius 2 is 2.06 bits per heavy atom. The van der Waals surface area contributed by atoms with Crippen LogP contribution in [0.15, 0.2) is 36.5 Å². The first-order valence-electron chi connectivity index (χ1n) is 6.38. The lowest BCUT2D eigenvalue weighted by atomic mass is 10.1. The van der Waals surface area contributed by atoms with Gasteiger partial charge in [0.15, 0.2) is 0 Å². The van der Waals surface area contributed by atoms with Crippen LogP contribution in [0.5, 0.6) is 5.75 Å². The van der Waals surface area contributed by atoms with E-state index in [2.05, 4.69) is 36.7 Å². The third kappa shape index (κ3) is 3.39. The van der Waals surface area contributed by atoms with E-state index in [1.54, 1.807) is 6.20 Å². The zero-order valence-electron chi connectivity index (χ0n) is 10.7. The van der Waals surface area contributed by atoms with Crippen molar-refractivity contribution in [3.05, 3.63) is 36.5 Å². The summed E-state index contributed by atoms with van der Waals surface area (Å²) in [5.41, 5.74) is 0.946. The van der Waals surface area contributed by atoms with Crippen LogP contribution >= 0.6 is 12.6 Å². The summed E-state index contributed by atoms with van der Waals surface area (Å²) in [6.45, 7) is 2.98. The largest absolute Gasteiger partial charge is 0.491 e. The van der Waals surface area contributed by atoms with Crippen LogP contribution in [0.3, 0.4) is 0 Å². The molecule has 1 aromatic heterocycles. The molecule has 0 aliphatic carbocycles. The maximum Gasteiger partial charge on any atom is 0.145 e. The van der Waals surface area contributed by atoms with Gasteiger partial charge in [-0.05, 0) is 36.6 Å². The Labute approximate surface area is 114 Å². The van der Waals surface area contributed by atoms with Crippen molar-refractivity contribution in [1.29, 1.82) is 0 Å². The van der Waals surface area contributed by atoms with Crippen molar-refractivity contribution in [2.24, 2.45) is 5.92 Å². The number of rotatable bonds is 6. The number of aromatic nitrogens is 1. The van der Waals surface area contributed by atoms with E-state index in [1.807, 2.05) is 18.2 Å². The first kappa shape index (κ1) is 13.2. The van der Waals surface area contributed by atoms with E-state index >= 15 is 0 Å². The Balaban J connectivity index is 1.99. The third-order valence-corrected chi connectivity index (χ3v) is 3.34. The number of hydrogen-bond acceptors (Lipinski definition) is 3. The normalized spacial score (nSPS) is 12.6. The fraction of sp³-hybridized carbons (Fsp3) is 0.400. The zero-order chi connectivity index (χ0) is 12.8. The fourth-order valence-corrected chi connectivity index (χ4v) is 2.37. The van der Waals surface area contributed by atoms with Crippen LogP contribution in [-0.4, -0.2) is 17.3 Å². The summed E-state index contributed by atoms with van der Waals surface area (Å²) in [7, 11) is 0. The molecule has 0 fully saturated rings. The minimum absolute atomic E-state index is 0.658. The molecular weight excluding hydrogens is 242 g/mol. The van der Waals surface area contributed by atoms with Gasteiger partial charge in [-0.3, -0.25) is 4.98 Å². The van der Waals surface area contributed by atoms with E-state index < -0.39 is 0 Å². The minimum Gasteiger partial charge on any atom is -0.491 e. The number of thiol groups is 1. The molecule has 18 heavy (non-hydrogen) atoms. The minimum atomic E-state index is 0.658. The number of para-hydroxylation sites is 1. The van der Waals surface area contributed by atoms with Crippen LogP contribution in [0.2, 0.25) is 0 Å². The molecule has 0 spiro atoms. The second kappa shape index (κ2) is 6.64. The molecule has 0 aliphatic heterocycles. The lowest BCUT2D eigenvalue weighted by Crippen LogP contribution is -2.05. The van der Waals surface area contributed by atoms with Crippen LogP contribution in [0, 0.1) is 5.92 Å². The summed E-state index contributed by atoms with van der Waals surface area (Å²) in [6, 6.07) is 10.0. The van der Waals surface area contributed by atoms with Crippen molar-refractivity contribution in [2.45, 2.75) is 19.8 Å². The molecule has 1 atom stereocenters. The summed E-state index contributed by atoms with van der Waals surface area (Å²) in [5, 5.41) is 1.12. The molecule has 0 bridgehead atoms. The topological polar surface area (TPSA) is 22.1 Å². The lowest BCUT2D eigenvalue weighted by molar-refractivity contribution is 0.284. The summed E-state index contributed by atoms with van der Waals surface area (Å²) < 4.78 is 5.85.